The Morgan fingerprint density at radius 3 is 2.33 bits per heavy atom. The van der Waals surface area contributed by atoms with Gasteiger partial charge in [0.25, 0.3) is 0 Å². The highest BCUT2D eigenvalue weighted by Gasteiger charge is 2.61. The molecule has 122 valence electrons. The van der Waals surface area contributed by atoms with Crippen LogP contribution in [0, 0.1) is 24.2 Å². The van der Waals surface area contributed by atoms with Crippen LogP contribution < -0.4 is 5.32 Å². The molecule has 1 saturated carbocycles. The van der Waals surface area contributed by atoms with Gasteiger partial charge in [-0.2, -0.15) is 0 Å². The molecular weight excluding hydrogens is 298 g/mol. The van der Waals surface area contributed by atoms with E-state index >= 15 is 0 Å². The van der Waals surface area contributed by atoms with Crippen LogP contribution in [0.2, 0.25) is 0 Å². The highest BCUT2D eigenvalue weighted by Crippen LogP contribution is 2.54. The first-order valence-electron chi connectivity index (χ1n) is 8.12. The van der Waals surface area contributed by atoms with Crippen LogP contribution in [-0.4, -0.2) is 16.6 Å². The van der Waals surface area contributed by atoms with Gasteiger partial charge in [0.1, 0.15) is 5.60 Å². The molecule has 2 aromatic carbocycles. The molecular formula is C21H21NO2. The summed E-state index contributed by atoms with van der Waals surface area (Å²) in [5.74, 6) is 5.71. The van der Waals surface area contributed by atoms with Crippen molar-refractivity contribution >= 4 is 11.6 Å². The molecule has 24 heavy (non-hydrogen) atoms. The van der Waals surface area contributed by atoms with Gasteiger partial charge in [0.2, 0.25) is 5.91 Å². The molecule has 3 rings (SSSR count). The van der Waals surface area contributed by atoms with Crippen LogP contribution in [0.1, 0.15) is 30.9 Å². The molecule has 0 radical (unpaired) electrons. The zero-order valence-electron chi connectivity index (χ0n) is 14.0. The predicted molar refractivity (Wildman–Crippen MR) is 95.4 cm³/mol. The van der Waals surface area contributed by atoms with E-state index in [0.29, 0.717) is 12.8 Å². The fourth-order valence-electron chi connectivity index (χ4n) is 2.78. The van der Waals surface area contributed by atoms with Crippen molar-refractivity contribution in [3.63, 3.8) is 0 Å². The summed E-state index contributed by atoms with van der Waals surface area (Å²) in [5, 5.41) is 13.7. The quantitative estimate of drug-likeness (QED) is 0.851. The van der Waals surface area contributed by atoms with Gasteiger partial charge in [0, 0.05) is 11.3 Å². The predicted octanol–water partition coefficient (Wildman–Crippen LogP) is 3.52. The van der Waals surface area contributed by atoms with Crippen molar-refractivity contribution in [2.45, 2.75) is 32.3 Å². The molecule has 2 aromatic rings. The number of rotatable bonds is 3. The third kappa shape index (κ3) is 3.20. The van der Waals surface area contributed by atoms with Gasteiger partial charge in [-0.25, -0.2) is 0 Å². The smallest absolute Gasteiger partial charge is 0.234 e. The van der Waals surface area contributed by atoms with Crippen LogP contribution in [-0.2, 0) is 4.79 Å². The fourth-order valence-corrected chi connectivity index (χ4v) is 2.78. The molecule has 3 heteroatoms. The molecule has 3 nitrogen and oxygen atoms in total. The van der Waals surface area contributed by atoms with Crippen molar-refractivity contribution in [3.8, 4) is 11.8 Å². The zero-order valence-corrected chi connectivity index (χ0v) is 14.0. The first-order chi connectivity index (χ1) is 11.4. The number of hydrogen-bond acceptors (Lipinski definition) is 2. The average Bonchev–Trinajstić information content (AvgIpc) is 3.39. The first kappa shape index (κ1) is 16.3. The van der Waals surface area contributed by atoms with E-state index in [1.165, 1.54) is 0 Å². The number of benzene rings is 2. The average molecular weight is 319 g/mol. The lowest BCUT2D eigenvalue weighted by atomic mass is 9.85. The monoisotopic (exact) mass is 319 g/mol. The number of carbonyl (C=O) groups is 1. The number of amides is 1. The Balaban J connectivity index is 1.78. The third-order valence-corrected chi connectivity index (χ3v) is 4.65. The number of aliphatic hydroxyl groups is 1. The largest absolute Gasteiger partial charge is 0.377 e. The highest BCUT2D eigenvalue weighted by molar-refractivity contribution is 5.98. The van der Waals surface area contributed by atoms with Gasteiger partial charge in [0.05, 0.1) is 5.41 Å². The fraction of sp³-hybridized carbons (Fsp3) is 0.286. The van der Waals surface area contributed by atoms with Gasteiger partial charge in [-0.1, -0.05) is 47.7 Å². The molecule has 0 bridgehead atoms. The maximum Gasteiger partial charge on any atom is 0.234 e. The summed E-state index contributed by atoms with van der Waals surface area (Å²) in [6.07, 6.45) is 1.28. The summed E-state index contributed by atoms with van der Waals surface area (Å²) < 4.78 is 0. The Bertz CT molecular complexity index is 791. The van der Waals surface area contributed by atoms with Crippen molar-refractivity contribution < 1.29 is 9.90 Å². The number of hydrogen-bond donors (Lipinski definition) is 2. The van der Waals surface area contributed by atoms with Gasteiger partial charge in [-0.3, -0.25) is 4.79 Å². The standard InChI is InChI=1S/C21H21NO2/c1-16-8-10-18(11-9-16)22-19(23)21(14-15-21)20(2,24)13-12-17-6-4-3-5-7-17/h3-11,24H,14-15H2,1-2H3,(H,22,23). The van der Waals surface area contributed by atoms with Crippen LogP contribution in [0.15, 0.2) is 54.6 Å². The van der Waals surface area contributed by atoms with Crippen LogP contribution >= 0.6 is 0 Å². The van der Waals surface area contributed by atoms with Gasteiger partial charge >= 0.3 is 0 Å². The maximum atomic E-state index is 12.7. The van der Waals surface area contributed by atoms with Crippen molar-refractivity contribution in [2.24, 2.45) is 5.41 Å². The zero-order chi connectivity index (χ0) is 17.2. The summed E-state index contributed by atoms with van der Waals surface area (Å²) in [5.41, 5.74) is 0.503. The topological polar surface area (TPSA) is 49.3 Å². The summed E-state index contributed by atoms with van der Waals surface area (Å²) in [4.78, 5) is 12.7. The van der Waals surface area contributed by atoms with Crippen LogP contribution in [0.3, 0.4) is 0 Å². The molecule has 1 atom stereocenters. The van der Waals surface area contributed by atoms with Crippen molar-refractivity contribution in [3.05, 3.63) is 65.7 Å². The SMILES string of the molecule is Cc1ccc(NC(=O)C2(C(C)(O)C#Cc3ccccc3)CC2)cc1. The van der Waals surface area contributed by atoms with Gasteiger partial charge < -0.3 is 10.4 Å². The molecule has 0 saturated heterocycles. The molecule has 1 amide bonds. The second-order valence-corrected chi connectivity index (χ2v) is 6.59. The Hall–Kier alpha value is -2.57. The molecule has 0 heterocycles. The Labute approximate surface area is 142 Å². The van der Waals surface area contributed by atoms with Crippen molar-refractivity contribution in [1.29, 1.82) is 0 Å². The molecule has 0 aliphatic heterocycles. The lowest BCUT2D eigenvalue weighted by Crippen LogP contribution is -2.43. The Morgan fingerprint density at radius 1 is 1.12 bits per heavy atom. The minimum Gasteiger partial charge on any atom is -0.377 e. The van der Waals surface area contributed by atoms with E-state index < -0.39 is 11.0 Å². The van der Waals surface area contributed by atoms with E-state index in [4.69, 9.17) is 0 Å². The van der Waals surface area contributed by atoms with E-state index in [1.54, 1.807) is 6.92 Å². The van der Waals surface area contributed by atoms with Gasteiger partial charge in [0.15, 0.2) is 0 Å². The maximum absolute atomic E-state index is 12.7. The van der Waals surface area contributed by atoms with Gasteiger partial charge in [-0.15, -0.1) is 0 Å². The molecule has 1 unspecified atom stereocenters. The van der Waals surface area contributed by atoms with E-state index in [-0.39, 0.29) is 5.91 Å². The molecule has 1 fully saturated rings. The molecule has 0 spiro atoms. The number of anilines is 1. The minimum atomic E-state index is -1.36. The molecule has 2 N–H and O–H groups in total. The Kier molecular flexibility index (Phi) is 4.17. The van der Waals surface area contributed by atoms with Crippen molar-refractivity contribution in [1.82, 2.24) is 0 Å². The van der Waals surface area contributed by atoms with E-state index in [0.717, 1.165) is 16.8 Å². The van der Waals surface area contributed by atoms with Gasteiger partial charge in [-0.05, 0) is 51.0 Å². The summed E-state index contributed by atoms with van der Waals surface area (Å²) >= 11 is 0. The molecule has 0 aromatic heterocycles. The summed E-state index contributed by atoms with van der Waals surface area (Å²) in [7, 11) is 0. The van der Waals surface area contributed by atoms with E-state index in [2.05, 4.69) is 17.2 Å². The number of carbonyl (C=O) groups excluding carboxylic acids is 1. The lowest BCUT2D eigenvalue weighted by molar-refractivity contribution is -0.127. The second kappa shape index (κ2) is 6.14. The summed E-state index contributed by atoms with van der Waals surface area (Å²) in [6, 6.07) is 17.1. The van der Waals surface area contributed by atoms with Crippen LogP contribution in [0.25, 0.3) is 0 Å². The first-order valence-corrected chi connectivity index (χ1v) is 8.12. The molecule has 1 aliphatic rings. The normalized spacial score (nSPS) is 17.1. The van der Waals surface area contributed by atoms with Crippen LogP contribution in [0.4, 0.5) is 5.69 Å². The molecule has 1 aliphatic carbocycles. The van der Waals surface area contributed by atoms with Crippen LogP contribution in [0.5, 0.6) is 0 Å². The van der Waals surface area contributed by atoms with Crippen molar-refractivity contribution in [2.75, 3.05) is 5.32 Å². The third-order valence-electron chi connectivity index (χ3n) is 4.65. The number of nitrogens with one attached hydrogen (secondary N) is 1. The highest BCUT2D eigenvalue weighted by atomic mass is 16.3. The van der Waals surface area contributed by atoms with E-state index in [9.17, 15) is 9.90 Å². The Morgan fingerprint density at radius 2 is 1.75 bits per heavy atom. The summed E-state index contributed by atoms with van der Waals surface area (Å²) in [6.45, 7) is 3.63. The minimum absolute atomic E-state index is 0.168. The van der Waals surface area contributed by atoms with E-state index in [1.807, 2.05) is 61.5 Å². The lowest BCUT2D eigenvalue weighted by Gasteiger charge is -2.27. The number of aryl methyl sites for hydroxylation is 1. The second-order valence-electron chi connectivity index (χ2n) is 6.59.